The fourth-order valence-electron chi connectivity index (χ4n) is 0. The minimum Gasteiger partial charge on any atom is -0.394 e. The Labute approximate surface area is 71.9 Å². The van der Waals surface area contributed by atoms with Crippen LogP contribution in [0, 0.1) is 20.2 Å². The quantitative estimate of drug-likeness (QED) is 0.299. The van der Waals surface area contributed by atoms with Gasteiger partial charge in [-0.2, -0.15) is 0 Å². The van der Waals surface area contributed by atoms with Gasteiger partial charge in [-0.15, -0.1) is 20.2 Å². The third-order valence-electron chi connectivity index (χ3n) is 0.264. The SMILES string of the molecule is C[C@@H](O)CO.O=[N+]([O-])O.O=[N+]([O-])O. The molecule has 0 aromatic rings. The second kappa shape index (κ2) is 12.9. The van der Waals surface area contributed by atoms with Crippen LogP contribution in [0.25, 0.3) is 0 Å². The first-order valence-corrected chi connectivity index (χ1v) is 2.69. The van der Waals surface area contributed by atoms with E-state index in [1.54, 1.807) is 0 Å². The van der Waals surface area contributed by atoms with Crippen molar-refractivity contribution in [2.75, 3.05) is 6.61 Å². The van der Waals surface area contributed by atoms with Crippen LogP contribution in [0.3, 0.4) is 0 Å². The van der Waals surface area contributed by atoms with Crippen molar-refractivity contribution in [2.45, 2.75) is 13.0 Å². The lowest BCUT2D eigenvalue weighted by Crippen LogP contribution is -2.03. The lowest BCUT2D eigenvalue weighted by molar-refractivity contribution is -0.742. The number of hydrogen-bond donors (Lipinski definition) is 4. The molecule has 13 heavy (non-hydrogen) atoms. The third-order valence-corrected chi connectivity index (χ3v) is 0.264. The molecule has 0 aliphatic carbocycles. The highest BCUT2D eigenvalue weighted by molar-refractivity contribution is 4.34. The van der Waals surface area contributed by atoms with E-state index in [4.69, 9.17) is 40.9 Å². The largest absolute Gasteiger partial charge is 0.394 e. The molecule has 0 radical (unpaired) electrons. The molecule has 0 aliphatic rings. The van der Waals surface area contributed by atoms with Crippen molar-refractivity contribution in [1.82, 2.24) is 0 Å². The second-order valence-electron chi connectivity index (χ2n) is 1.51. The van der Waals surface area contributed by atoms with Crippen molar-refractivity contribution < 1.29 is 30.8 Å². The van der Waals surface area contributed by atoms with Crippen LogP contribution >= 0.6 is 0 Å². The minimum atomic E-state index is -1.50. The Morgan fingerprint density at radius 2 is 1.31 bits per heavy atom. The first kappa shape index (κ1) is 17.4. The molecular formula is C3H10N2O8. The fourth-order valence-corrected chi connectivity index (χ4v) is 0. The summed E-state index contributed by atoms with van der Waals surface area (Å²) in [6, 6.07) is 0. The molecule has 0 aliphatic heterocycles. The van der Waals surface area contributed by atoms with Crippen molar-refractivity contribution in [1.29, 1.82) is 0 Å². The van der Waals surface area contributed by atoms with Gasteiger partial charge in [0.1, 0.15) is 0 Å². The standard InChI is InChI=1S/C3H8O2.2HNO3/c1-3(5)2-4;2*2-1(3)4/h3-5H,2H2,1H3;2*(H,2,3,4)/t3-;;/m1../s1. The Bertz CT molecular complexity index is 115. The van der Waals surface area contributed by atoms with Gasteiger partial charge in [-0.25, -0.2) is 0 Å². The summed E-state index contributed by atoms with van der Waals surface area (Å²) in [6.45, 7) is 1.39. The summed E-state index contributed by atoms with van der Waals surface area (Å²) < 4.78 is 0. The van der Waals surface area contributed by atoms with Crippen LogP contribution < -0.4 is 0 Å². The molecule has 10 nitrogen and oxygen atoms in total. The van der Waals surface area contributed by atoms with Gasteiger partial charge in [0.25, 0.3) is 10.2 Å². The van der Waals surface area contributed by atoms with Gasteiger partial charge in [-0.3, -0.25) is 0 Å². The maximum atomic E-state index is 8.36. The van der Waals surface area contributed by atoms with Crippen molar-refractivity contribution >= 4 is 0 Å². The molecule has 0 saturated carbocycles. The van der Waals surface area contributed by atoms with Gasteiger partial charge in [0, 0.05) is 0 Å². The van der Waals surface area contributed by atoms with Gasteiger partial charge in [0.05, 0.1) is 12.7 Å². The summed E-state index contributed by atoms with van der Waals surface area (Å²) in [4.78, 5) is 16.7. The maximum Gasteiger partial charge on any atom is 0.291 e. The monoisotopic (exact) mass is 202 g/mol. The summed E-state index contributed by atoms with van der Waals surface area (Å²) in [6.07, 6.45) is -0.560. The predicted octanol–water partition coefficient (Wildman–Crippen LogP) is -1.34. The molecule has 0 spiro atoms. The van der Waals surface area contributed by atoms with E-state index in [1.807, 2.05) is 0 Å². The zero-order valence-electron chi connectivity index (χ0n) is 6.60. The van der Waals surface area contributed by atoms with E-state index in [0.717, 1.165) is 0 Å². The van der Waals surface area contributed by atoms with Crippen LogP contribution in [0.5, 0.6) is 0 Å². The normalized spacial score (nSPS) is 9.46. The highest BCUT2D eigenvalue weighted by Crippen LogP contribution is 1.68. The van der Waals surface area contributed by atoms with Crippen LogP contribution in [0.4, 0.5) is 0 Å². The van der Waals surface area contributed by atoms with E-state index in [1.165, 1.54) is 6.92 Å². The number of nitrogens with zero attached hydrogens (tertiary/aromatic N) is 2. The molecular weight excluding hydrogens is 192 g/mol. The van der Waals surface area contributed by atoms with Crippen LogP contribution in [-0.4, -0.2) is 43.5 Å². The number of aliphatic hydroxyl groups is 2. The summed E-state index contributed by atoms with van der Waals surface area (Å²) in [5, 5.41) is 43.3. The molecule has 0 aromatic carbocycles. The third kappa shape index (κ3) is 6980. The number of rotatable bonds is 1. The second-order valence-corrected chi connectivity index (χ2v) is 1.51. The van der Waals surface area contributed by atoms with E-state index in [2.05, 4.69) is 0 Å². The summed E-state index contributed by atoms with van der Waals surface area (Å²) in [5.74, 6) is 0. The Hall–Kier alpha value is -1.68. The van der Waals surface area contributed by atoms with E-state index in [0.29, 0.717) is 0 Å². The molecule has 0 aromatic heterocycles. The summed E-state index contributed by atoms with van der Waals surface area (Å²) in [5.41, 5.74) is 0. The lowest BCUT2D eigenvalue weighted by atomic mass is 10.5. The van der Waals surface area contributed by atoms with Crippen molar-refractivity contribution in [3.63, 3.8) is 0 Å². The highest BCUT2D eigenvalue weighted by Gasteiger charge is 1.83. The molecule has 0 bridgehead atoms. The molecule has 0 amide bonds. The molecule has 0 rings (SSSR count). The van der Waals surface area contributed by atoms with E-state index in [-0.39, 0.29) is 6.61 Å². The molecule has 0 fully saturated rings. The number of hydrogen-bond acceptors (Lipinski definition) is 6. The van der Waals surface area contributed by atoms with E-state index < -0.39 is 16.3 Å². The molecule has 0 saturated heterocycles. The predicted molar refractivity (Wildman–Crippen MR) is 36.3 cm³/mol. The average molecular weight is 202 g/mol. The molecule has 80 valence electrons. The van der Waals surface area contributed by atoms with Gasteiger partial charge in [-0.05, 0) is 6.92 Å². The van der Waals surface area contributed by atoms with Crippen molar-refractivity contribution in [3.05, 3.63) is 20.2 Å². The maximum absolute atomic E-state index is 8.36. The molecule has 4 N–H and O–H groups in total. The van der Waals surface area contributed by atoms with Gasteiger partial charge in [-0.1, -0.05) is 0 Å². The smallest absolute Gasteiger partial charge is 0.291 e. The van der Waals surface area contributed by atoms with Crippen LogP contribution in [0.1, 0.15) is 6.92 Å². The van der Waals surface area contributed by atoms with Crippen LogP contribution in [-0.2, 0) is 0 Å². The lowest BCUT2D eigenvalue weighted by Gasteiger charge is -1.90. The Kier molecular flexibility index (Phi) is 17.3. The Balaban J connectivity index is -0.000000117. The zero-order chi connectivity index (χ0) is 11.4. The topological polar surface area (TPSA) is 167 Å². The van der Waals surface area contributed by atoms with E-state index in [9.17, 15) is 0 Å². The minimum absolute atomic E-state index is 0.139. The van der Waals surface area contributed by atoms with Gasteiger partial charge in [0.2, 0.25) is 0 Å². The first-order chi connectivity index (χ1) is 5.73. The molecule has 0 heterocycles. The fraction of sp³-hybridized carbons (Fsp3) is 1.00. The molecule has 1 atom stereocenters. The average Bonchev–Trinajstić information content (AvgIpc) is 1.84. The molecule has 0 unspecified atom stereocenters. The van der Waals surface area contributed by atoms with Crippen molar-refractivity contribution in [2.24, 2.45) is 0 Å². The number of aliphatic hydroxyl groups excluding tert-OH is 2. The van der Waals surface area contributed by atoms with Crippen molar-refractivity contribution in [3.8, 4) is 0 Å². The van der Waals surface area contributed by atoms with Crippen LogP contribution in [0.15, 0.2) is 0 Å². The zero-order valence-corrected chi connectivity index (χ0v) is 6.60. The Morgan fingerprint density at radius 1 is 1.23 bits per heavy atom. The summed E-state index contributed by atoms with van der Waals surface area (Å²) in [7, 11) is 0. The van der Waals surface area contributed by atoms with E-state index >= 15 is 0 Å². The van der Waals surface area contributed by atoms with Gasteiger partial charge < -0.3 is 20.6 Å². The highest BCUT2D eigenvalue weighted by atomic mass is 16.9. The Morgan fingerprint density at radius 3 is 1.31 bits per heavy atom. The summed E-state index contributed by atoms with van der Waals surface area (Å²) >= 11 is 0. The molecule has 10 heteroatoms. The van der Waals surface area contributed by atoms with Crippen LogP contribution in [0.2, 0.25) is 0 Å². The van der Waals surface area contributed by atoms with Gasteiger partial charge >= 0.3 is 0 Å². The first-order valence-electron chi connectivity index (χ1n) is 2.69. The van der Waals surface area contributed by atoms with Gasteiger partial charge in [0.15, 0.2) is 0 Å².